The van der Waals surface area contributed by atoms with Gasteiger partial charge in [0.2, 0.25) is 0 Å². The van der Waals surface area contributed by atoms with E-state index in [-0.39, 0.29) is 19.0 Å². The zero-order chi connectivity index (χ0) is 13.6. The Labute approximate surface area is 107 Å². The van der Waals surface area contributed by atoms with Crippen molar-refractivity contribution in [1.82, 2.24) is 0 Å². The van der Waals surface area contributed by atoms with Crippen LogP contribution in [-0.4, -0.2) is 28.5 Å². The predicted molar refractivity (Wildman–Crippen MR) is 67.6 cm³/mol. The Morgan fingerprint density at radius 2 is 2.00 bits per heavy atom. The Kier molecular flexibility index (Phi) is 5.72. The summed E-state index contributed by atoms with van der Waals surface area (Å²) in [7, 11) is 0. The van der Waals surface area contributed by atoms with Gasteiger partial charge in [-0.15, -0.1) is 0 Å². The summed E-state index contributed by atoms with van der Waals surface area (Å²) in [6.07, 6.45) is 0.320. The number of ether oxygens (including phenoxy) is 1. The van der Waals surface area contributed by atoms with Crippen molar-refractivity contribution in [3.8, 4) is 0 Å². The van der Waals surface area contributed by atoms with E-state index in [1.54, 1.807) is 32.0 Å². The molecule has 0 heterocycles. The zero-order valence-electron chi connectivity index (χ0n) is 10.9. The van der Waals surface area contributed by atoms with Gasteiger partial charge < -0.3 is 14.9 Å². The minimum Gasteiger partial charge on any atom is -0.391 e. The summed E-state index contributed by atoms with van der Waals surface area (Å²) in [5.74, 6) is -0.302. The summed E-state index contributed by atoms with van der Waals surface area (Å²) in [5.41, 5.74) is -0.306. The van der Waals surface area contributed by atoms with Gasteiger partial charge in [-0.2, -0.15) is 0 Å². The third-order valence-electron chi connectivity index (χ3n) is 2.62. The molecule has 0 aliphatic heterocycles. The molecule has 1 unspecified atom stereocenters. The zero-order valence-corrected chi connectivity index (χ0v) is 10.9. The molecule has 18 heavy (non-hydrogen) atoms. The van der Waals surface area contributed by atoms with Gasteiger partial charge in [0.05, 0.1) is 24.9 Å². The van der Waals surface area contributed by atoms with Crippen molar-refractivity contribution in [1.29, 1.82) is 0 Å². The molecule has 1 aromatic rings. The van der Waals surface area contributed by atoms with E-state index in [2.05, 4.69) is 0 Å². The third kappa shape index (κ3) is 6.10. The Hall–Kier alpha value is -0.970. The number of hydrogen-bond acceptors (Lipinski definition) is 3. The van der Waals surface area contributed by atoms with Crippen LogP contribution >= 0.6 is 0 Å². The van der Waals surface area contributed by atoms with Crippen LogP contribution in [0.25, 0.3) is 0 Å². The molecule has 0 radical (unpaired) electrons. The van der Waals surface area contributed by atoms with E-state index in [1.807, 2.05) is 0 Å². The molecule has 1 rings (SSSR count). The quantitative estimate of drug-likeness (QED) is 0.786. The summed E-state index contributed by atoms with van der Waals surface area (Å²) < 4.78 is 18.5. The molecular formula is C14H21FO3. The molecule has 0 fully saturated rings. The number of aliphatic hydroxyl groups excluding tert-OH is 1. The molecule has 1 atom stereocenters. The molecule has 4 heteroatoms. The molecule has 0 bridgehead atoms. The van der Waals surface area contributed by atoms with E-state index in [1.165, 1.54) is 6.07 Å². The van der Waals surface area contributed by atoms with Gasteiger partial charge in [0.1, 0.15) is 5.82 Å². The molecule has 0 spiro atoms. The van der Waals surface area contributed by atoms with E-state index in [0.29, 0.717) is 18.4 Å². The van der Waals surface area contributed by atoms with E-state index in [0.717, 1.165) is 0 Å². The van der Waals surface area contributed by atoms with Gasteiger partial charge in [-0.1, -0.05) is 18.2 Å². The minimum atomic E-state index is -0.785. The summed E-state index contributed by atoms with van der Waals surface area (Å²) >= 11 is 0. The number of halogens is 1. The fourth-order valence-electron chi connectivity index (χ4n) is 1.52. The number of hydrogen-bond donors (Lipinski definition) is 2. The first kappa shape index (κ1) is 15.1. The molecule has 0 aliphatic carbocycles. The van der Waals surface area contributed by atoms with Crippen molar-refractivity contribution in [3.63, 3.8) is 0 Å². The lowest BCUT2D eigenvalue weighted by Gasteiger charge is -2.19. The van der Waals surface area contributed by atoms with Crippen molar-refractivity contribution >= 4 is 0 Å². The molecule has 0 amide bonds. The SMILES string of the molecule is CC(C)(O)CCC(O)COCc1ccccc1F. The molecule has 102 valence electrons. The lowest BCUT2D eigenvalue weighted by Crippen LogP contribution is -2.23. The smallest absolute Gasteiger partial charge is 0.128 e. The van der Waals surface area contributed by atoms with Crippen LogP contribution < -0.4 is 0 Å². The van der Waals surface area contributed by atoms with Crippen molar-refractivity contribution < 1.29 is 19.3 Å². The Bertz CT molecular complexity index is 360. The third-order valence-corrected chi connectivity index (χ3v) is 2.62. The summed E-state index contributed by atoms with van der Waals surface area (Å²) in [5, 5.41) is 19.1. The van der Waals surface area contributed by atoms with Gasteiger partial charge in [-0.05, 0) is 32.8 Å². The highest BCUT2D eigenvalue weighted by atomic mass is 19.1. The number of rotatable bonds is 7. The minimum absolute atomic E-state index is 0.143. The molecule has 0 saturated heterocycles. The monoisotopic (exact) mass is 256 g/mol. The van der Waals surface area contributed by atoms with Gasteiger partial charge in [0, 0.05) is 5.56 Å². The van der Waals surface area contributed by atoms with Gasteiger partial charge in [-0.3, -0.25) is 0 Å². The number of aliphatic hydroxyl groups is 2. The number of benzene rings is 1. The average molecular weight is 256 g/mol. The van der Waals surface area contributed by atoms with Crippen LogP contribution in [0, 0.1) is 5.82 Å². The van der Waals surface area contributed by atoms with Crippen LogP contribution in [0.2, 0.25) is 0 Å². The van der Waals surface area contributed by atoms with Crippen LogP contribution in [-0.2, 0) is 11.3 Å². The predicted octanol–water partition coefficient (Wildman–Crippen LogP) is 2.25. The Balaban J connectivity index is 2.24. The normalized spacial score (nSPS) is 13.6. The maximum absolute atomic E-state index is 13.2. The molecule has 0 saturated carbocycles. The van der Waals surface area contributed by atoms with E-state index in [9.17, 15) is 14.6 Å². The lowest BCUT2D eigenvalue weighted by atomic mass is 10.0. The van der Waals surface area contributed by atoms with Crippen LogP contribution in [0.5, 0.6) is 0 Å². The maximum atomic E-state index is 13.2. The largest absolute Gasteiger partial charge is 0.391 e. The van der Waals surface area contributed by atoms with Crippen LogP contribution in [0.1, 0.15) is 32.3 Å². The fraction of sp³-hybridized carbons (Fsp3) is 0.571. The summed E-state index contributed by atoms with van der Waals surface area (Å²) in [4.78, 5) is 0. The molecule has 2 N–H and O–H groups in total. The molecule has 3 nitrogen and oxygen atoms in total. The highest BCUT2D eigenvalue weighted by Crippen LogP contribution is 2.13. The molecule has 0 aromatic heterocycles. The average Bonchev–Trinajstić information content (AvgIpc) is 2.28. The second kappa shape index (κ2) is 6.83. The van der Waals surface area contributed by atoms with E-state index >= 15 is 0 Å². The van der Waals surface area contributed by atoms with Crippen molar-refractivity contribution in [2.24, 2.45) is 0 Å². The standard InChI is InChI=1S/C14H21FO3/c1-14(2,17)8-7-12(16)10-18-9-11-5-3-4-6-13(11)15/h3-6,12,16-17H,7-10H2,1-2H3. The molecule has 1 aromatic carbocycles. The highest BCUT2D eigenvalue weighted by Gasteiger charge is 2.15. The topological polar surface area (TPSA) is 49.7 Å². The van der Waals surface area contributed by atoms with Crippen molar-refractivity contribution in [3.05, 3.63) is 35.6 Å². The first-order valence-corrected chi connectivity index (χ1v) is 6.10. The lowest BCUT2D eigenvalue weighted by molar-refractivity contribution is 0.00283. The first-order chi connectivity index (χ1) is 8.38. The molecule has 0 aliphatic rings. The van der Waals surface area contributed by atoms with Crippen molar-refractivity contribution in [2.75, 3.05) is 6.61 Å². The Morgan fingerprint density at radius 1 is 1.33 bits per heavy atom. The maximum Gasteiger partial charge on any atom is 0.128 e. The van der Waals surface area contributed by atoms with Crippen molar-refractivity contribution in [2.45, 2.75) is 45.0 Å². The molecular weight excluding hydrogens is 235 g/mol. The van der Waals surface area contributed by atoms with Gasteiger partial charge in [0.25, 0.3) is 0 Å². The van der Waals surface area contributed by atoms with Crippen LogP contribution in [0.4, 0.5) is 4.39 Å². The van der Waals surface area contributed by atoms with Crippen LogP contribution in [0.3, 0.4) is 0 Å². The van der Waals surface area contributed by atoms with Gasteiger partial charge >= 0.3 is 0 Å². The second-order valence-electron chi connectivity index (χ2n) is 5.11. The fourth-order valence-corrected chi connectivity index (χ4v) is 1.52. The van der Waals surface area contributed by atoms with E-state index < -0.39 is 11.7 Å². The second-order valence-corrected chi connectivity index (χ2v) is 5.11. The van der Waals surface area contributed by atoms with Gasteiger partial charge in [0.15, 0.2) is 0 Å². The van der Waals surface area contributed by atoms with E-state index in [4.69, 9.17) is 4.74 Å². The Morgan fingerprint density at radius 3 is 2.61 bits per heavy atom. The highest BCUT2D eigenvalue weighted by molar-refractivity contribution is 5.16. The summed E-state index contributed by atoms with van der Waals surface area (Å²) in [6.45, 7) is 3.68. The van der Waals surface area contributed by atoms with Crippen LogP contribution in [0.15, 0.2) is 24.3 Å². The van der Waals surface area contributed by atoms with Gasteiger partial charge in [-0.25, -0.2) is 4.39 Å². The summed E-state index contributed by atoms with van der Waals surface area (Å²) in [6, 6.07) is 6.39. The first-order valence-electron chi connectivity index (χ1n) is 6.10.